The Balaban J connectivity index is 1.53. The van der Waals surface area contributed by atoms with Crippen molar-refractivity contribution in [2.45, 2.75) is 12.8 Å². The first-order valence-electron chi connectivity index (χ1n) is 8.56. The predicted molar refractivity (Wildman–Crippen MR) is 98.1 cm³/mol. The molecule has 0 aliphatic carbocycles. The van der Waals surface area contributed by atoms with E-state index in [2.05, 4.69) is 26.3 Å². The summed E-state index contributed by atoms with van der Waals surface area (Å²) in [4.78, 5) is 22.8. The second-order valence-corrected chi connectivity index (χ2v) is 6.22. The minimum atomic E-state index is -0.849. The molecule has 2 aromatic carbocycles. The molecule has 0 unspecified atom stereocenters. The summed E-state index contributed by atoms with van der Waals surface area (Å²) in [5.41, 5.74) is 2.27. The van der Waals surface area contributed by atoms with Crippen molar-refractivity contribution >= 4 is 23.1 Å². The van der Waals surface area contributed by atoms with E-state index in [9.17, 15) is 13.6 Å². The van der Waals surface area contributed by atoms with Gasteiger partial charge in [0.05, 0.1) is 18.1 Å². The number of para-hydroxylation sites is 1. The predicted octanol–water partition coefficient (Wildman–Crippen LogP) is 4.09. The van der Waals surface area contributed by atoms with Crippen molar-refractivity contribution in [3.05, 3.63) is 77.8 Å². The number of nitrogens with one attached hydrogen (secondary N) is 1. The van der Waals surface area contributed by atoms with Gasteiger partial charge in [0.25, 0.3) is 5.91 Å². The van der Waals surface area contributed by atoms with E-state index in [1.165, 1.54) is 18.0 Å². The summed E-state index contributed by atoms with van der Waals surface area (Å²) in [6, 6.07) is 11.1. The smallest absolute Gasteiger partial charge is 0.275 e. The normalized spacial score (nSPS) is 13.2. The van der Waals surface area contributed by atoms with Gasteiger partial charge in [-0.3, -0.25) is 4.79 Å². The quantitative estimate of drug-likeness (QED) is 0.758. The van der Waals surface area contributed by atoms with Gasteiger partial charge in [0.1, 0.15) is 17.3 Å². The molecule has 0 spiro atoms. The number of carbonyl (C=O) groups is 1. The van der Waals surface area contributed by atoms with E-state index in [-0.39, 0.29) is 11.4 Å². The molecule has 0 radical (unpaired) electrons. The molecule has 0 atom stereocenters. The molecule has 0 saturated carbocycles. The van der Waals surface area contributed by atoms with Crippen molar-refractivity contribution < 1.29 is 13.6 Å². The molecular formula is C20H16F2N4O. The number of nitrogens with zero attached hydrogens (tertiary/aromatic N) is 3. The van der Waals surface area contributed by atoms with Gasteiger partial charge in [-0.25, -0.2) is 18.7 Å². The summed E-state index contributed by atoms with van der Waals surface area (Å²) in [5.74, 6) is -1.53. The minimum Gasteiger partial charge on any atom is -0.325 e. The van der Waals surface area contributed by atoms with Crippen molar-refractivity contribution in [1.29, 1.82) is 0 Å². The highest BCUT2D eigenvalue weighted by Crippen LogP contribution is 2.31. The van der Waals surface area contributed by atoms with Crippen molar-refractivity contribution in [2.75, 3.05) is 16.8 Å². The molecule has 7 heteroatoms. The summed E-state index contributed by atoms with van der Waals surface area (Å²) >= 11 is 0. The second kappa shape index (κ2) is 7.11. The molecule has 1 aliphatic heterocycles. The van der Waals surface area contributed by atoms with Crippen LogP contribution in [0.3, 0.4) is 0 Å². The number of aryl methyl sites for hydroxylation is 1. The largest absolute Gasteiger partial charge is 0.325 e. The zero-order valence-corrected chi connectivity index (χ0v) is 14.3. The van der Waals surface area contributed by atoms with Gasteiger partial charge >= 0.3 is 0 Å². The summed E-state index contributed by atoms with van der Waals surface area (Å²) in [6.45, 7) is 0.817. The number of amides is 1. The zero-order valence-electron chi connectivity index (χ0n) is 14.3. The van der Waals surface area contributed by atoms with Gasteiger partial charge in [-0.1, -0.05) is 18.2 Å². The fourth-order valence-corrected chi connectivity index (χ4v) is 3.13. The molecule has 0 saturated heterocycles. The Morgan fingerprint density at radius 3 is 2.70 bits per heavy atom. The number of hydrogen-bond donors (Lipinski definition) is 1. The van der Waals surface area contributed by atoms with Gasteiger partial charge < -0.3 is 10.2 Å². The van der Waals surface area contributed by atoms with E-state index in [1.54, 1.807) is 0 Å². The van der Waals surface area contributed by atoms with Crippen LogP contribution in [0.4, 0.5) is 26.0 Å². The summed E-state index contributed by atoms with van der Waals surface area (Å²) in [5, 5.41) is 2.37. The summed E-state index contributed by atoms with van der Waals surface area (Å²) < 4.78 is 26.6. The third-order valence-electron chi connectivity index (χ3n) is 4.44. The number of halogens is 2. The molecule has 1 N–H and O–H groups in total. The Morgan fingerprint density at radius 2 is 1.93 bits per heavy atom. The highest BCUT2D eigenvalue weighted by Gasteiger charge is 2.19. The average Bonchev–Trinajstić information content (AvgIpc) is 2.70. The number of benzene rings is 2. The van der Waals surface area contributed by atoms with E-state index >= 15 is 0 Å². The van der Waals surface area contributed by atoms with Crippen LogP contribution in [0.2, 0.25) is 0 Å². The Hall–Kier alpha value is -3.35. The van der Waals surface area contributed by atoms with Gasteiger partial charge in [-0.2, -0.15) is 0 Å². The van der Waals surface area contributed by atoms with Gasteiger partial charge in [-0.15, -0.1) is 0 Å². The van der Waals surface area contributed by atoms with Crippen molar-refractivity contribution in [3.63, 3.8) is 0 Å². The third kappa shape index (κ3) is 3.48. The Labute approximate surface area is 154 Å². The van der Waals surface area contributed by atoms with Gasteiger partial charge in [0, 0.05) is 18.3 Å². The first-order valence-corrected chi connectivity index (χ1v) is 8.56. The number of fused-ring (bicyclic) bond motifs is 1. The van der Waals surface area contributed by atoms with E-state index < -0.39 is 17.5 Å². The Morgan fingerprint density at radius 1 is 1.07 bits per heavy atom. The molecule has 5 nitrogen and oxygen atoms in total. The van der Waals surface area contributed by atoms with E-state index in [0.717, 1.165) is 37.2 Å². The fourth-order valence-electron chi connectivity index (χ4n) is 3.13. The Kier molecular flexibility index (Phi) is 4.50. The monoisotopic (exact) mass is 366 g/mol. The van der Waals surface area contributed by atoms with Crippen LogP contribution in [0.25, 0.3) is 0 Å². The minimum absolute atomic E-state index is 0.0489. The van der Waals surface area contributed by atoms with Gasteiger partial charge in [-0.05, 0) is 36.6 Å². The van der Waals surface area contributed by atoms with E-state index in [1.807, 2.05) is 18.2 Å². The maximum Gasteiger partial charge on any atom is 0.275 e. The zero-order chi connectivity index (χ0) is 18.8. The number of rotatable bonds is 3. The molecule has 2 heterocycles. The maximum atomic E-state index is 13.7. The van der Waals surface area contributed by atoms with Gasteiger partial charge in [0.15, 0.2) is 5.82 Å². The molecule has 136 valence electrons. The van der Waals surface area contributed by atoms with Crippen molar-refractivity contribution in [2.24, 2.45) is 0 Å². The maximum absolute atomic E-state index is 13.7. The first-order chi connectivity index (χ1) is 13.1. The number of hydrogen-bond acceptors (Lipinski definition) is 4. The molecule has 3 aromatic rings. The lowest BCUT2D eigenvalue weighted by Crippen LogP contribution is -2.25. The van der Waals surface area contributed by atoms with Crippen LogP contribution >= 0.6 is 0 Å². The first kappa shape index (κ1) is 17.1. The fraction of sp³-hybridized carbons (Fsp3) is 0.150. The number of carbonyl (C=O) groups excluding carboxylic acids is 1. The number of aromatic nitrogens is 2. The summed E-state index contributed by atoms with van der Waals surface area (Å²) in [6.07, 6.45) is 4.90. The van der Waals surface area contributed by atoms with Crippen LogP contribution < -0.4 is 10.2 Å². The molecule has 4 rings (SSSR count). The summed E-state index contributed by atoms with van der Waals surface area (Å²) in [7, 11) is 0. The van der Waals surface area contributed by atoms with Gasteiger partial charge in [0.2, 0.25) is 0 Å². The number of anilines is 3. The molecule has 1 amide bonds. The Bertz CT molecular complexity index is 992. The van der Waals surface area contributed by atoms with E-state index in [0.29, 0.717) is 11.9 Å². The molecule has 1 aliphatic rings. The lowest BCUT2D eigenvalue weighted by molar-refractivity contribution is 0.102. The standard InChI is InChI=1S/C20H16F2N4O/c21-14-7-8-16(15(22)10-14)25-20(27)17-11-24-19(12-23-17)26-9-3-5-13-4-1-2-6-18(13)26/h1-2,4,6-8,10-12H,3,5,9H2,(H,25,27). The van der Waals surface area contributed by atoms with Crippen molar-refractivity contribution in [3.8, 4) is 0 Å². The van der Waals surface area contributed by atoms with Crippen LogP contribution in [-0.2, 0) is 6.42 Å². The van der Waals surface area contributed by atoms with Crippen LogP contribution in [0.1, 0.15) is 22.5 Å². The van der Waals surface area contributed by atoms with Crippen molar-refractivity contribution in [1.82, 2.24) is 9.97 Å². The molecule has 0 bridgehead atoms. The van der Waals surface area contributed by atoms with Crippen LogP contribution in [-0.4, -0.2) is 22.4 Å². The molecule has 0 fully saturated rings. The lowest BCUT2D eigenvalue weighted by Gasteiger charge is -2.30. The molecular weight excluding hydrogens is 350 g/mol. The third-order valence-corrected chi connectivity index (χ3v) is 4.44. The SMILES string of the molecule is O=C(Nc1ccc(F)cc1F)c1cnc(N2CCCc3ccccc32)cn1. The van der Waals surface area contributed by atoms with Crippen LogP contribution in [0.5, 0.6) is 0 Å². The average molecular weight is 366 g/mol. The highest BCUT2D eigenvalue weighted by atomic mass is 19.1. The topological polar surface area (TPSA) is 58.1 Å². The molecule has 27 heavy (non-hydrogen) atoms. The second-order valence-electron chi connectivity index (χ2n) is 6.22. The van der Waals surface area contributed by atoms with Crippen LogP contribution in [0.15, 0.2) is 54.9 Å². The lowest BCUT2D eigenvalue weighted by atomic mass is 10.0. The highest BCUT2D eigenvalue weighted by molar-refractivity contribution is 6.02. The van der Waals surface area contributed by atoms with E-state index in [4.69, 9.17) is 0 Å². The van der Waals surface area contributed by atoms with Crippen LogP contribution in [0, 0.1) is 11.6 Å². The molecule has 1 aromatic heterocycles.